The van der Waals surface area contributed by atoms with E-state index in [4.69, 9.17) is 5.11 Å². The average molecular weight is 176 g/mol. The number of nitrogens with zero attached hydrogens (tertiary/aromatic N) is 1. The van der Waals surface area contributed by atoms with Gasteiger partial charge in [-0.05, 0) is 18.4 Å². The van der Waals surface area contributed by atoms with Gasteiger partial charge in [0, 0.05) is 0 Å². The molecule has 1 rings (SSSR count). The molecule has 1 aromatic heterocycles. The van der Waals surface area contributed by atoms with Gasteiger partial charge in [0.15, 0.2) is 0 Å². The van der Waals surface area contributed by atoms with Crippen LogP contribution in [0.25, 0.3) is 0 Å². The molecule has 4 nitrogen and oxygen atoms in total. The molecule has 0 aliphatic carbocycles. The van der Waals surface area contributed by atoms with Crippen molar-refractivity contribution in [2.24, 2.45) is 0 Å². The number of aromatic carboxylic acids is 1. The second kappa shape index (κ2) is 5.10. The predicted molar refractivity (Wildman–Crippen MR) is 51.4 cm³/mol. The van der Waals surface area contributed by atoms with E-state index in [1.807, 2.05) is 13.8 Å². The Morgan fingerprint density at radius 2 is 2.38 bits per heavy atom. The average Bonchev–Trinajstić information content (AvgIpc) is 2.51. The van der Waals surface area contributed by atoms with Crippen molar-refractivity contribution in [3.05, 3.63) is 17.5 Å². The molecule has 0 aliphatic rings. The molecule has 0 saturated heterocycles. The molecule has 0 radical (unpaired) electrons. The number of nitrogens with one attached hydrogen (secondary N) is 1. The fourth-order valence-corrected chi connectivity index (χ4v) is 0.908. The third-order valence-electron chi connectivity index (χ3n) is 1.95. The van der Waals surface area contributed by atoms with Gasteiger partial charge in [0.25, 0.3) is 0 Å². The van der Waals surface area contributed by atoms with Crippen molar-refractivity contribution in [1.29, 1.82) is 0 Å². The Morgan fingerprint density at radius 1 is 1.77 bits per heavy atom. The minimum atomic E-state index is -0.961. The number of carboxylic acids is 1. The topological polar surface area (TPSA) is 66.0 Å². The Morgan fingerprint density at radius 3 is 2.77 bits per heavy atom. The number of hydrogen-bond acceptors (Lipinski definition) is 2. The van der Waals surface area contributed by atoms with Crippen LogP contribution in [0, 0.1) is 0 Å². The summed E-state index contributed by atoms with van der Waals surface area (Å²) in [4.78, 5) is 10.5. The Balaban J connectivity index is 0.00000144. The van der Waals surface area contributed by atoms with E-state index in [9.17, 15) is 4.79 Å². The van der Waals surface area contributed by atoms with Crippen molar-refractivity contribution in [1.82, 2.24) is 10.2 Å². The first kappa shape index (κ1) is 12.3. The molecule has 1 unspecified atom stereocenters. The standard InChI is InChI=1S/C8H12N2O2.Li.H/c1-3-5(2)6-4-7(8(11)12)10-9-6;;/h4-5H,3H2,1-2H3,(H,9,10)(H,11,12);;. The number of rotatable bonds is 3. The van der Waals surface area contributed by atoms with Gasteiger partial charge in [-0.25, -0.2) is 4.79 Å². The molecule has 5 heteroatoms. The van der Waals surface area contributed by atoms with Gasteiger partial charge in [0.2, 0.25) is 0 Å². The normalized spacial score (nSPS) is 11.8. The Hall–Kier alpha value is -0.723. The van der Waals surface area contributed by atoms with Crippen molar-refractivity contribution in [3.8, 4) is 0 Å². The molecule has 0 spiro atoms. The first-order chi connectivity index (χ1) is 5.65. The van der Waals surface area contributed by atoms with Gasteiger partial charge in [-0.1, -0.05) is 13.8 Å². The number of aromatic nitrogens is 2. The molecule has 0 fully saturated rings. The van der Waals surface area contributed by atoms with Crippen LogP contribution in [0.3, 0.4) is 0 Å². The maximum atomic E-state index is 10.5. The molecule has 13 heavy (non-hydrogen) atoms. The number of hydrogen-bond donors (Lipinski definition) is 2. The molecule has 0 amide bonds. The minimum absolute atomic E-state index is 0. The van der Waals surface area contributed by atoms with Gasteiger partial charge in [-0.2, -0.15) is 5.10 Å². The van der Waals surface area contributed by atoms with Crippen LogP contribution < -0.4 is 0 Å². The zero-order chi connectivity index (χ0) is 9.14. The van der Waals surface area contributed by atoms with Crippen LogP contribution in [0.2, 0.25) is 0 Å². The van der Waals surface area contributed by atoms with Crippen LogP contribution in [0.1, 0.15) is 42.4 Å². The number of aromatic amines is 1. The van der Waals surface area contributed by atoms with Crippen molar-refractivity contribution in [3.63, 3.8) is 0 Å². The summed E-state index contributed by atoms with van der Waals surface area (Å²) in [5, 5.41) is 15.0. The zero-order valence-corrected chi connectivity index (χ0v) is 7.16. The first-order valence-corrected chi connectivity index (χ1v) is 3.93. The van der Waals surface area contributed by atoms with E-state index in [1.165, 1.54) is 0 Å². The van der Waals surface area contributed by atoms with E-state index in [2.05, 4.69) is 10.2 Å². The van der Waals surface area contributed by atoms with Crippen molar-refractivity contribution < 1.29 is 9.90 Å². The summed E-state index contributed by atoms with van der Waals surface area (Å²) < 4.78 is 0. The van der Waals surface area contributed by atoms with E-state index in [1.54, 1.807) is 6.07 Å². The number of carbonyl (C=O) groups is 1. The molecule has 1 atom stereocenters. The SMILES string of the molecule is CCC(C)c1cc(C(=O)O)[nH]n1.[LiH]. The van der Waals surface area contributed by atoms with Crippen LogP contribution >= 0.6 is 0 Å². The Labute approximate surface area is 88.9 Å². The zero-order valence-electron chi connectivity index (χ0n) is 7.16. The van der Waals surface area contributed by atoms with Crippen molar-refractivity contribution in [2.75, 3.05) is 0 Å². The van der Waals surface area contributed by atoms with Gasteiger partial charge in [0.1, 0.15) is 5.69 Å². The molecule has 1 heterocycles. The van der Waals surface area contributed by atoms with E-state index in [-0.39, 0.29) is 24.6 Å². The van der Waals surface area contributed by atoms with Crippen molar-refractivity contribution in [2.45, 2.75) is 26.2 Å². The summed E-state index contributed by atoms with van der Waals surface area (Å²) in [7, 11) is 0. The third kappa shape index (κ3) is 2.91. The summed E-state index contributed by atoms with van der Waals surface area (Å²) >= 11 is 0. The van der Waals surface area contributed by atoms with E-state index >= 15 is 0 Å². The molecule has 0 aromatic carbocycles. The molecule has 68 valence electrons. The van der Waals surface area contributed by atoms with E-state index < -0.39 is 5.97 Å². The van der Waals surface area contributed by atoms with Crippen LogP contribution in [-0.4, -0.2) is 40.1 Å². The van der Waals surface area contributed by atoms with Gasteiger partial charge in [-0.3, -0.25) is 5.10 Å². The summed E-state index contributed by atoms with van der Waals surface area (Å²) in [6.07, 6.45) is 0.962. The monoisotopic (exact) mass is 176 g/mol. The molecule has 0 aliphatic heterocycles. The molecular weight excluding hydrogens is 163 g/mol. The van der Waals surface area contributed by atoms with Gasteiger partial charge in [0.05, 0.1) is 5.69 Å². The van der Waals surface area contributed by atoms with Crippen LogP contribution in [0.5, 0.6) is 0 Å². The molecule has 1 aromatic rings. The summed E-state index contributed by atoms with van der Waals surface area (Å²) in [5.74, 6) is -0.647. The maximum absolute atomic E-state index is 10.5. The quantitative estimate of drug-likeness (QED) is 0.674. The van der Waals surface area contributed by atoms with Gasteiger partial charge < -0.3 is 5.11 Å². The molecule has 0 saturated carbocycles. The van der Waals surface area contributed by atoms with Crippen molar-refractivity contribution >= 4 is 24.8 Å². The fourth-order valence-electron chi connectivity index (χ4n) is 0.908. The number of carboxylic acid groups (broad SMARTS) is 1. The molecule has 0 bridgehead atoms. The summed E-state index contributed by atoms with van der Waals surface area (Å²) in [5.41, 5.74) is 0.972. The Kier molecular flexibility index (Phi) is 4.82. The summed E-state index contributed by atoms with van der Waals surface area (Å²) in [6.45, 7) is 4.06. The van der Waals surface area contributed by atoms with Gasteiger partial charge in [-0.15, -0.1) is 0 Å². The van der Waals surface area contributed by atoms with Gasteiger partial charge >= 0.3 is 24.8 Å². The second-order valence-electron chi connectivity index (χ2n) is 2.82. The van der Waals surface area contributed by atoms with Crippen LogP contribution in [-0.2, 0) is 0 Å². The van der Waals surface area contributed by atoms with Crippen LogP contribution in [0.15, 0.2) is 6.07 Å². The second-order valence-corrected chi connectivity index (χ2v) is 2.82. The fraction of sp³-hybridized carbons (Fsp3) is 0.500. The number of H-pyrrole nitrogens is 1. The first-order valence-electron chi connectivity index (χ1n) is 3.93. The van der Waals surface area contributed by atoms with E-state index in [0.29, 0.717) is 5.92 Å². The Bertz CT molecular complexity index is 285. The molecular formula is C8H13LiN2O2. The predicted octanol–water partition coefficient (Wildman–Crippen LogP) is 0.973. The van der Waals surface area contributed by atoms with E-state index in [0.717, 1.165) is 12.1 Å². The summed E-state index contributed by atoms with van der Waals surface area (Å²) in [6, 6.07) is 1.58. The molecule has 2 N–H and O–H groups in total. The van der Waals surface area contributed by atoms with Crippen LogP contribution in [0.4, 0.5) is 0 Å². The third-order valence-corrected chi connectivity index (χ3v) is 1.95.